The van der Waals surface area contributed by atoms with Gasteiger partial charge in [-0.2, -0.15) is 0 Å². The molecule has 1 nitrogen and oxygen atoms in total. The first-order valence-corrected chi connectivity index (χ1v) is 6.14. The smallest absolute Gasteiger partial charge is 0.0408 e. The van der Waals surface area contributed by atoms with Crippen molar-refractivity contribution in [2.75, 3.05) is 0 Å². The van der Waals surface area contributed by atoms with Crippen molar-refractivity contribution in [3.05, 3.63) is 51.8 Å². The van der Waals surface area contributed by atoms with Gasteiger partial charge in [0.2, 0.25) is 0 Å². The van der Waals surface area contributed by atoms with Gasteiger partial charge >= 0.3 is 0 Å². The Hall–Kier alpha value is -1.63. The first kappa shape index (κ1) is 10.5. The summed E-state index contributed by atoms with van der Waals surface area (Å²) < 4.78 is 0. The lowest BCUT2D eigenvalue weighted by Gasteiger charge is -2.11. The topological polar surface area (TPSA) is 12.9 Å². The standard InChI is InChI=1S/C16H17N/c1-9-5-6-10(2)15-14(9)7-13-8-17-12(4)11(3)16(13)15/h5-6,8H,7H2,1-4H3. The van der Waals surface area contributed by atoms with Crippen LogP contribution in [0.3, 0.4) is 0 Å². The first-order chi connectivity index (χ1) is 8.09. The molecule has 0 bridgehead atoms. The third-order valence-electron chi connectivity index (χ3n) is 4.03. The van der Waals surface area contributed by atoms with Gasteiger partial charge in [0.15, 0.2) is 0 Å². The molecule has 17 heavy (non-hydrogen) atoms. The summed E-state index contributed by atoms with van der Waals surface area (Å²) in [6, 6.07) is 4.47. The Kier molecular flexibility index (Phi) is 2.12. The highest BCUT2D eigenvalue weighted by molar-refractivity contribution is 5.82. The van der Waals surface area contributed by atoms with E-state index >= 15 is 0 Å². The number of nitrogens with zero attached hydrogens (tertiary/aromatic N) is 1. The molecule has 3 rings (SSSR count). The second-order valence-electron chi connectivity index (χ2n) is 5.10. The van der Waals surface area contributed by atoms with Crippen LogP contribution in [0.1, 0.15) is 33.5 Å². The Morgan fingerprint density at radius 1 is 0.941 bits per heavy atom. The van der Waals surface area contributed by atoms with Crippen molar-refractivity contribution in [1.82, 2.24) is 4.98 Å². The number of pyridine rings is 1. The maximum Gasteiger partial charge on any atom is 0.0408 e. The second kappa shape index (κ2) is 3.43. The van der Waals surface area contributed by atoms with Crippen LogP contribution >= 0.6 is 0 Å². The number of hydrogen-bond acceptors (Lipinski definition) is 1. The van der Waals surface area contributed by atoms with Crippen LogP contribution in [-0.2, 0) is 6.42 Å². The summed E-state index contributed by atoms with van der Waals surface area (Å²) in [6.07, 6.45) is 3.10. The summed E-state index contributed by atoms with van der Waals surface area (Å²) >= 11 is 0. The van der Waals surface area contributed by atoms with Crippen LogP contribution in [0.5, 0.6) is 0 Å². The molecule has 0 radical (unpaired) electrons. The average molecular weight is 223 g/mol. The molecule has 0 amide bonds. The molecule has 2 aromatic rings. The highest BCUT2D eigenvalue weighted by Crippen LogP contribution is 2.42. The van der Waals surface area contributed by atoms with Gasteiger partial charge in [-0.15, -0.1) is 0 Å². The van der Waals surface area contributed by atoms with E-state index in [-0.39, 0.29) is 0 Å². The van der Waals surface area contributed by atoms with E-state index in [1.165, 1.54) is 38.9 Å². The minimum absolute atomic E-state index is 1.05. The molecule has 0 spiro atoms. The van der Waals surface area contributed by atoms with Gasteiger partial charge in [0.25, 0.3) is 0 Å². The minimum atomic E-state index is 1.05. The Labute approximate surface area is 103 Å². The number of aromatic nitrogens is 1. The van der Waals surface area contributed by atoms with Crippen LogP contribution in [0.15, 0.2) is 18.3 Å². The maximum absolute atomic E-state index is 4.49. The molecule has 0 unspecified atom stereocenters. The van der Waals surface area contributed by atoms with E-state index in [4.69, 9.17) is 0 Å². The van der Waals surface area contributed by atoms with Gasteiger partial charge in [-0.3, -0.25) is 4.98 Å². The Morgan fingerprint density at radius 3 is 2.41 bits per heavy atom. The molecule has 0 aliphatic heterocycles. The molecule has 1 aromatic heterocycles. The van der Waals surface area contributed by atoms with E-state index < -0.39 is 0 Å². The van der Waals surface area contributed by atoms with Gasteiger partial charge in [0.05, 0.1) is 0 Å². The second-order valence-corrected chi connectivity index (χ2v) is 5.10. The van der Waals surface area contributed by atoms with E-state index in [0.717, 1.165) is 12.1 Å². The predicted octanol–water partition coefficient (Wildman–Crippen LogP) is 3.89. The largest absolute Gasteiger partial charge is 0.261 e. The van der Waals surface area contributed by atoms with E-state index in [1.54, 1.807) is 0 Å². The van der Waals surface area contributed by atoms with Crippen LogP contribution < -0.4 is 0 Å². The monoisotopic (exact) mass is 223 g/mol. The molecule has 1 heteroatoms. The zero-order valence-corrected chi connectivity index (χ0v) is 10.9. The third kappa shape index (κ3) is 1.35. The van der Waals surface area contributed by atoms with E-state index in [1.807, 2.05) is 0 Å². The molecule has 1 heterocycles. The van der Waals surface area contributed by atoms with Crippen LogP contribution in [-0.4, -0.2) is 4.98 Å². The van der Waals surface area contributed by atoms with Crippen LogP contribution in [0.2, 0.25) is 0 Å². The summed E-state index contributed by atoms with van der Waals surface area (Å²) in [6.45, 7) is 8.71. The number of aryl methyl sites for hydroxylation is 3. The Balaban J connectivity index is 2.41. The van der Waals surface area contributed by atoms with E-state index in [2.05, 4.69) is 51.0 Å². The summed E-state index contributed by atoms with van der Waals surface area (Å²) in [7, 11) is 0. The van der Waals surface area contributed by atoms with Crippen molar-refractivity contribution < 1.29 is 0 Å². The number of benzene rings is 1. The Morgan fingerprint density at radius 2 is 1.65 bits per heavy atom. The van der Waals surface area contributed by atoms with Crippen LogP contribution in [0, 0.1) is 27.7 Å². The molecule has 0 saturated heterocycles. The van der Waals surface area contributed by atoms with Gasteiger partial charge in [-0.05, 0) is 66.6 Å². The number of rotatable bonds is 0. The SMILES string of the molecule is Cc1ccc(C)c2c1Cc1cnc(C)c(C)c1-2. The molecule has 1 aliphatic carbocycles. The van der Waals surface area contributed by atoms with Crippen molar-refractivity contribution >= 4 is 0 Å². The average Bonchev–Trinajstić information content (AvgIpc) is 2.70. The van der Waals surface area contributed by atoms with Crippen molar-refractivity contribution in [1.29, 1.82) is 0 Å². The predicted molar refractivity (Wildman–Crippen MR) is 71.4 cm³/mol. The summed E-state index contributed by atoms with van der Waals surface area (Å²) in [5.41, 5.74) is 11.1. The van der Waals surface area contributed by atoms with Crippen molar-refractivity contribution in [2.45, 2.75) is 34.1 Å². The van der Waals surface area contributed by atoms with Crippen molar-refractivity contribution in [3.63, 3.8) is 0 Å². The normalized spacial score (nSPS) is 12.5. The summed E-state index contributed by atoms with van der Waals surface area (Å²) in [4.78, 5) is 4.49. The molecule has 0 saturated carbocycles. The van der Waals surface area contributed by atoms with Crippen LogP contribution in [0.25, 0.3) is 11.1 Å². The van der Waals surface area contributed by atoms with Crippen LogP contribution in [0.4, 0.5) is 0 Å². The fourth-order valence-corrected chi connectivity index (χ4v) is 2.88. The van der Waals surface area contributed by atoms with E-state index in [9.17, 15) is 0 Å². The fourth-order valence-electron chi connectivity index (χ4n) is 2.88. The fraction of sp³-hybridized carbons (Fsp3) is 0.312. The summed E-state index contributed by atoms with van der Waals surface area (Å²) in [5.74, 6) is 0. The molecule has 0 fully saturated rings. The van der Waals surface area contributed by atoms with E-state index in [0.29, 0.717) is 0 Å². The number of hydrogen-bond donors (Lipinski definition) is 0. The highest BCUT2D eigenvalue weighted by Gasteiger charge is 2.24. The molecule has 86 valence electrons. The maximum atomic E-state index is 4.49. The van der Waals surface area contributed by atoms with Gasteiger partial charge in [0.1, 0.15) is 0 Å². The quantitative estimate of drug-likeness (QED) is 0.563. The third-order valence-corrected chi connectivity index (χ3v) is 4.03. The molecular formula is C16H17N. The Bertz CT molecular complexity index is 624. The number of fused-ring (bicyclic) bond motifs is 3. The van der Waals surface area contributed by atoms with Crippen molar-refractivity contribution in [2.24, 2.45) is 0 Å². The van der Waals surface area contributed by atoms with Gasteiger partial charge in [0, 0.05) is 18.3 Å². The highest BCUT2D eigenvalue weighted by atomic mass is 14.7. The zero-order valence-electron chi connectivity index (χ0n) is 10.9. The lowest BCUT2D eigenvalue weighted by atomic mass is 9.95. The first-order valence-electron chi connectivity index (χ1n) is 6.14. The molecule has 0 atom stereocenters. The zero-order chi connectivity index (χ0) is 12.2. The molecular weight excluding hydrogens is 206 g/mol. The summed E-state index contributed by atoms with van der Waals surface area (Å²) in [5, 5.41) is 0. The molecule has 1 aromatic carbocycles. The lowest BCUT2D eigenvalue weighted by Crippen LogP contribution is -1.93. The van der Waals surface area contributed by atoms with Crippen molar-refractivity contribution in [3.8, 4) is 11.1 Å². The van der Waals surface area contributed by atoms with Gasteiger partial charge < -0.3 is 0 Å². The minimum Gasteiger partial charge on any atom is -0.261 e. The van der Waals surface area contributed by atoms with Gasteiger partial charge in [-0.25, -0.2) is 0 Å². The lowest BCUT2D eigenvalue weighted by molar-refractivity contribution is 1.11. The molecule has 1 aliphatic rings. The molecule has 0 N–H and O–H groups in total. The van der Waals surface area contributed by atoms with Gasteiger partial charge in [-0.1, -0.05) is 12.1 Å².